The van der Waals surface area contributed by atoms with E-state index in [1.807, 2.05) is 50.2 Å². The van der Waals surface area contributed by atoms with Gasteiger partial charge in [0.05, 0.1) is 16.7 Å². The van der Waals surface area contributed by atoms with Gasteiger partial charge < -0.3 is 10.2 Å². The minimum atomic E-state index is 0.553. The van der Waals surface area contributed by atoms with Gasteiger partial charge in [-0.3, -0.25) is 0 Å². The summed E-state index contributed by atoms with van der Waals surface area (Å²) < 4.78 is 1.79. The molecule has 0 bridgehead atoms. The summed E-state index contributed by atoms with van der Waals surface area (Å²) in [4.78, 5) is 11.6. The molecule has 4 aromatic rings. The third-order valence-electron chi connectivity index (χ3n) is 4.99. The van der Waals surface area contributed by atoms with Gasteiger partial charge in [-0.25, -0.2) is 9.97 Å². The minimum absolute atomic E-state index is 0.553. The Bertz CT molecular complexity index is 1130. The second-order valence-corrected chi connectivity index (χ2v) is 7.01. The zero-order valence-corrected chi connectivity index (χ0v) is 15.3. The Morgan fingerprint density at radius 2 is 1.78 bits per heavy atom. The maximum Gasteiger partial charge on any atom is 0.178 e. The van der Waals surface area contributed by atoms with Crippen LogP contribution in [-0.2, 0) is 0 Å². The Labute approximate surface area is 156 Å². The summed E-state index contributed by atoms with van der Waals surface area (Å²) in [5.74, 6) is 3.18. The predicted octanol–water partition coefficient (Wildman–Crippen LogP) is 2.23. The van der Waals surface area contributed by atoms with Gasteiger partial charge in [-0.15, -0.1) is 15.3 Å². The van der Waals surface area contributed by atoms with Gasteiger partial charge in [0.1, 0.15) is 11.6 Å². The van der Waals surface area contributed by atoms with E-state index in [-0.39, 0.29) is 0 Å². The van der Waals surface area contributed by atoms with Crippen molar-refractivity contribution in [1.82, 2.24) is 29.8 Å². The van der Waals surface area contributed by atoms with E-state index < -0.39 is 0 Å². The lowest BCUT2D eigenvalue weighted by Gasteiger charge is -2.40. The summed E-state index contributed by atoms with van der Waals surface area (Å²) in [6, 6.07) is 11.9. The van der Waals surface area contributed by atoms with Crippen molar-refractivity contribution in [3.63, 3.8) is 0 Å². The fourth-order valence-corrected chi connectivity index (χ4v) is 3.44. The van der Waals surface area contributed by atoms with E-state index in [1.165, 1.54) is 0 Å². The number of aromatic nitrogens is 6. The molecule has 8 nitrogen and oxygen atoms in total. The van der Waals surface area contributed by atoms with Crippen molar-refractivity contribution in [2.45, 2.75) is 13.8 Å². The van der Waals surface area contributed by atoms with Gasteiger partial charge in [0, 0.05) is 25.6 Å². The zero-order valence-electron chi connectivity index (χ0n) is 15.3. The van der Waals surface area contributed by atoms with Gasteiger partial charge in [0.25, 0.3) is 0 Å². The first-order valence-electron chi connectivity index (χ1n) is 9.08. The molecule has 0 saturated carbocycles. The maximum absolute atomic E-state index is 4.70. The monoisotopic (exact) mass is 360 g/mol. The van der Waals surface area contributed by atoms with Crippen LogP contribution in [0.1, 0.15) is 11.5 Å². The zero-order chi connectivity index (χ0) is 18.4. The first-order chi connectivity index (χ1) is 13.2. The molecule has 0 unspecified atom stereocenters. The van der Waals surface area contributed by atoms with Crippen LogP contribution in [0.4, 0.5) is 11.6 Å². The molecule has 8 heteroatoms. The Morgan fingerprint density at radius 1 is 1.00 bits per heavy atom. The number of nitrogens with zero attached hydrogens (tertiary/aromatic N) is 7. The van der Waals surface area contributed by atoms with E-state index >= 15 is 0 Å². The molecule has 1 aliphatic rings. The molecule has 136 valence electrons. The Hall–Kier alpha value is -3.29. The highest BCUT2D eigenvalue weighted by Gasteiger charge is 2.28. The van der Waals surface area contributed by atoms with Crippen molar-refractivity contribution in [1.29, 1.82) is 0 Å². The average molecular weight is 360 g/mol. The van der Waals surface area contributed by atoms with Crippen LogP contribution >= 0.6 is 0 Å². The topological polar surface area (TPSA) is 84.1 Å². The smallest absolute Gasteiger partial charge is 0.178 e. The van der Waals surface area contributed by atoms with Gasteiger partial charge in [-0.2, -0.15) is 4.52 Å². The van der Waals surface area contributed by atoms with Crippen molar-refractivity contribution in [3.8, 4) is 0 Å². The number of anilines is 2. The van der Waals surface area contributed by atoms with Crippen LogP contribution < -0.4 is 10.2 Å². The summed E-state index contributed by atoms with van der Waals surface area (Å²) in [5, 5.41) is 16.2. The molecule has 1 N–H and O–H groups in total. The largest absolute Gasteiger partial charge is 0.368 e. The summed E-state index contributed by atoms with van der Waals surface area (Å²) >= 11 is 0. The van der Waals surface area contributed by atoms with E-state index in [4.69, 9.17) is 4.98 Å². The molecule has 1 fully saturated rings. The Morgan fingerprint density at radius 3 is 2.59 bits per heavy atom. The summed E-state index contributed by atoms with van der Waals surface area (Å²) in [6.07, 6.45) is 0. The van der Waals surface area contributed by atoms with E-state index in [2.05, 4.69) is 30.5 Å². The molecule has 0 atom stereocenters. The molecule has 0 radical (unpaired) electrons. The van der Waals surface area contributed by atoms with Gasteiger partial charge in [-0.05, 0) is 38.1 Å². The molecular formula is C19H20N8. The highest BCUT2D eigenvalue weighted by Crippen LogP contribution is 2.24. The standard InChI is InChI=1S/C19H20N8/c1-12-19(22-16-6-4-3-5-15(16)21-12)20-9-14-10-26(11-14)18-8-7-17-24-23-13(2)27(17)25-18/h3-8,14H,9-11H2,1-2H3,(H,20,22). The second-order valence-electron chi connectivity index (χ2n) is 7.01. The number of rotatable bonds is 4. The molecule has 1 aliphatic heterocycles. The van der Waals surface area contributed by atoms with E-state index in [0.717, 1.165) is 59.5 Å². The quantitative estimate of drug-likeness (QED) is 0.597. The molecule has 5 rings (SSSR count). The molecule has 3 aromatic heterocycles. The number of nitrogens with one attached hydrogen (secondary N) is 1. The fourth-order valence-electron chi connectivity index (χ4n) is 3.44. The molecule has 4 heterocycles. The molecule has 27 heavy (non-hydrogen) atoms. The SMILES string of the molecule is Cc1nc2ccccc2nc1NCC1CN(c2ccc3nnc(C)n3n2)C1. The van der Waals surface area contributed by atoms with Crippen molar-refractivity contribution in [3.05, 3.63) is 47.9 Å². The number of hydrogen-bond donors (Lipinski definition) is 1. The number of fused-ring (bicyclic) bond motifs is 2. The molecular weight excluding hydrogens is 340 g/mol. The summed E-state index contributed by atoms with van der Waals surface area (Å²) in [7, 11) is 0. The van der Waals surface area contributed by atoms with Crippen LogP contribution in [0.5, 0.6) is 0 Å². The van der Waals surface area contributed by atoms with Crippen molar-refractivity contribution >= 4 is 28.3 Å². The summed E-state index contributed by atoms with van der Waals surface area (Å²) in [5.41, 5.74) is 3.56. The van der Waals surface area contributed by atoms with E-state index in [9.17, 15) is 0 Å². The number of hydrogen-bond acceptors (Lipinski definition) is 7. The molecule has 0 amide bonds. The average Bonchev–Trinajstić information content (AvgIpc) is 3.01. The normalized spacial score (nSPS) is 14.7. The van der Waals surface area contributed by atoms with E-state index in [0.29, 0.717) is 5.92 Å². The fraction of sp³-hybridized carbons (Fsp3) is 0.316. The van der Waals surface area contributed by atoms with Crippen LogP contribution in [0.3, 0.4) is 0 Å². The Kier molecular flexibility index (Phi) is 3.63. The molecule has 0 spiro atoms. The van der Waals surface area contributed by atoms with Crippen LogP contribution in [0, 0.1) is 19.8 Å². The third kappa shape index (κ3) is 2.83. The van der Waals surface area contributed by atoms with Gasteiger partial charge in [0.15, 0.2) is 11.5 Å². The van der Waals surface area contributed by atoms with Crippen LogP contribution in [0.15, 0.2) is 36.4 Å². The predicted molar refractivity (Wildman–Crippen MR) is 104 cm³/mol. The van der Waals surface area contributed by atoms with E-state index in [1.54, 1.807) is 4.52 Å². The first-order valence-corrected chi connectivity index (χ1v) is 9.08. The second kappa shape index (κ2) is 6.15. The van der Waals surface area contributed by atoms with Gasteiger partial charge in [0.2, 0.25) is 0 Å². The highest BCUT2D eigenvalue weighted by atomic mass is 15.4. The van der Waals surface area contributed by atoms with Crippen molar-refractivity contribution in [2.75, 3.05) is 29.9 Å². The third-order valence-corrected chi connectivity index (χ3v) is 4.99. The number of para-hydroxylation sites is 2. The number of benzene rings is 1. The lowest BCUT2D eigenvalue weighted by molar-refractivity contribution is 0.424. The van der Waals surface area contributed by atoms with Crippen LogP contribution in [-0.4, -0.2) is 49.4 Å². The van der Waals surface area contributed by atoms with Gasteiger partial charge >= 0.3 is 0 Å². The lowest BCUT2D eigenvalue weighted by Crippen LogP contribution is -2.50. The molecule has 1 aromatic carbocycles. The number of aryl methyl sites for hydroxylation is 2. The Balaban J connectivity index is 1.24. The van der Waals surface area contributed by atoms with Crippen LogP contribution in [0.2, 0.25) is 0 Å². The highest BCUT2D eigenvalue weighted by molar-refractivity contribution is 5.76. The van der Waals surface area contributed by atoms with Gasteiger partial charge in [-0.1, -0.05) is 12.1 Å². The van der Waals surface area contributed by atoms with Crippen molar-refractivity contribution in [2.24, 2.45) is 5.92 Å². The van der Waals surface area contributed by atoms with Crippen molar-refractivity contribution < 1.29 is 0 Å². The molecule has 1 saturated heterocycles. The maximum atomic E-state index is 4.70. The van der Waals surface area contributed by atoms with Crippen LogP contribution in [0.25, 0.3) is 16.7 Å². The lowest BCUT2D eigenvalue weighted by atomic mass is 10.0. The molecule has 0 aliphatic carbocycles. The first kappa shape index (κ1) is 15.9. The minimum Gasteiger partial charge on any atom is -0.368 e. The summed E-state index contributed by atoms with van der Waals surface area (Å²) in [6.45, 7) is 6.71.